The average Bonchev–Trinajstić information content (AvgIpc) is 3.07. The maximum atomic E-state index is 12.4. The Morgan fingerprint density at radius 3 is 2.95 bits per heavy atom. The number of amides is 1. The smallest absolute Gasteiger partial charge is 0.245 e. The molecule has 1 amide bonds. The highest BCUT2D eigenvalue weighted by Gasteiger charge is 2.33. The maximum Gasteiger partial charge on any atom is 0.245 e. The second kappa shape index (κ2) is 5.28. The summed E-state index contributed by atoms with van der Waals surface area (Å²) in [5.74, 6) is 1.45. The summed E-state index contributed by atoms with van der Waals surface area (Å²) < 4.78 is 6.90. The average molecular weight is 290 g/mol. The van der Waals surface area contributed by atoms with Crippen LogP contribution in [0.15, 0.2) is 6.07 Å². The Balaban J connectivity index is 1.95. The van der Waals surface area contributed by atoms with E-state index in [1.165, 1.54) is 0 Å². The lowest BCUT2D eigenvalue weighted by molar-refractivity contribution is -0.137. The zero-order valence-corrected chi connectivity index (χ0v) is 12.3. The number of rotatable bonds is 4. The molecular formula is C13H18N6O2. The number of carbonyl (C=O) groups excluding carboxylic acids is 1. The number of H-pyrrole nitrogens is 1. The molecule has 0 saturated carbocycles. The summed E-state index contributed by atoms with van der Waals surface area (Å²) in [6, 6.07) is 1.55. The number of ether oxygens (including phenoxy) is 1. The zero-order valence-electron chi connectivity index (χ0n) is 12.3. The first-order valence-corrected chi connectivity index (χ1v) is 6.85. The number of methoxy groups -OCH3 is 1. The van der Waals surface area contributed by atoms with E-state index in [1.807, 2.05) is 24.5 Å². The van der Waals surface area contributed by atoms with Crippen LogP contribution in [0.25, 0.3) is 11.5 Å². The van der Waals surface area contributed by atoms with Gasteiger partial charge >= 0.3 is 0 Å². The number of aromatic amines is 1. The number of aryl methyl sites for hydroxylation is 1. The lowest BCUT2D eigenvalue weighted by atomic mass is 10.2. The monoisotopic (exact) mass is 290 g/mol. The van der Waals surface area contributed by atoms with Crippen molar-refractivity contribution in [3.8, 4) is 11.5 Å². The lowest BCUT2D eigenvalue weighted by Crippen LogP contribution is -2.43. The van der Waals surface area contributed by atoms with Gasteiger partial charge in [-0.05, 0) is 19.9 Å². The van der Waals surface area contributed by atoms with Crippen molar-refractivity contribution in [2.75, 3.05) is 20.3 Å². The third kappa shape index (κ3) is 2.31. The molecule has 0 aliphatic carbocycles. The summed E-state index contributed by atoms with van der Waals surface area (Å²) in [4.78, 5) is 14.2. The SMILES string of the molecule is COCCN1Cc2nnc(-c3cc(C)[nH]n3)n2[C@@H](C)C1=O. The summed E-state index contributed by atoms with van der Waals surface area (Å²) in [5.41, 5.74) is 1.65. The van der Waals surface area contributed by atoms with Crippen LogP contribution in [0.1, 0.15) is 24.5 Å². The molecule has 1 atom stereocenters. The molecule has 3 heterocycles. The molecule has 2 aromatic heterocycles. The molecule has 1 aliphatic rings. The van der Waals surface area contributed by atoms with Crippen molar-refractivity contribution in [3.05, 3.63) is 17.6 Å². The molecule has 1 aliphatic heterocycles. The van der Waals surface area contributed by atoms with Gasteiger partial charge in [0.25, 0.3) is 0 Å². The van der Waals surface area contributed by atoms with E-state index in [-0.39, 0.29) is 11.9 Å². The van der Waals surface area contributed by atoms with Gasteiger partial charge in [0, 0.05) is 19.3 Å². The van der Waals surface area contributed by atoms with E-state index in [0.717, 1.165) is 11.5 Å². The van der Waals surface area contributed by atoms with Gasteiger partial charge in [0.05, 0.1) is 13.2 Å². The Morgan fingerprint density at radius 2 is 2.29 bits per heavy atom. The fraction of sp³-hybridized carbons (Fsp3) is 0.538. The predicted molar refractivity (Wildman–Crippen MR) is 74.3 cm³/mol. The fourth-order valence-corrected chi connectivity index (χ4v) is 2.56. The number of hydrogen-bond donors (Lipinski definition) is 1. The molecule has 0 bridgehead atoms. The quantitative estimate of drug-likeness (QED) is 0.887. The minimum atomic E-state index is -0.340. The minimum Gasteiger partial charge on any atom is -0.383 e. The topological polar surface area (TPSA) is 88.9 Å². The third-order valence-electron chi connectivity index (χ3n) is 3.66. The molecular weight excluding hydrogens is 272 g/mol. The summed E-state index contributed by atoms with van der Waals surface area (Å²) in [6.07, 6.45) is 0. The first-order chi connectivity index (χ1) is 10.1. The molecule has 0 saturated heterocycles. The van der Waals surface area contributed by atoms with Gasteiger partial charge in [0.15, 0.2) is 11.6 Å². The van der Waals surface area contributed by atoms with E-state index < -0.39 is 0 Å². The van der Waals surface area contributed by atoms with Crippen LogP contribution in [0.2, 0.25) is 0 Å². The Morgan fingerprint density at radius 1 is 1.48 bits per heavy atom. The van der Waals surface area contributed by atoms with E-state index in [1.54, 1.807) is 12.0 Å². The molecule has 8 heteroatoms. The van der Waals surface area contributed by atoms with Crippen LogP contribution in [0.3, 0.4) is 0 Å². The molecule has 2 aromatic rings. The largest absolute Gasteiger partial charge is 0.383 e. The molecule has 8 nitrogen and oxygen atoms in total. The Bertz CT molecular complexity index is 661. The molecule has 3 rings (SSSR count). The van der Waals surface area contributed by atoms with Crippen molar-refractivity contribution in [1.29, 1.82) is 0 Å². The van der Waals surface area contributed by atoms with Crippen molar-refractivity contribution < 1.29 is 9.53 Å². The predicted octanol–water partition coefficient (Wildman–Crippen LogP) is 0.526. The van der Waals surface area contributed by atoms with Crippen LogP contribution in [0.4, 0.5) is 0 Å². The van der Waals surface area contributed by atoms with E-state index in [0.29, 0.717) is 31.2 Å². The fourth-order valence-electron chi connectivity index (χ4n) is 2.56. The van der Waals surface area contributed by atoms with Gasteiger partial charge in [-0.15, -0.1) is 10.2 Å². The minimum absolute atomic E-state index is 0.0489. The summed E-state index contributed by atoms with van der Waals surface area (Å²) in [6.45, 7) is 5.30. The van der Waals surface area contributed by atoms with Crippen molar-refractivity contribution in [3.63, 3.8) is 0 Å². The van der Waals surface area contributed by atoms with Gasteiger partial charge in [-0.1, -0.05) is 0 Å². The molecule has 0 radical (unpaired) electrons. The summed E-state index contributed by atoms with van der Waals surface area (Å²) in [7, 11) is 1.62. The highest BCUT2D eigenvalue weighted by atomic mass is 16.5. The van der Waals surface area contributed by atoms with Crippen molar-refractivity contribution >= 4 is 5.91 Å². The van der Waals surface area contributed by atoms with Crippen LogP contribution in [0.5, 0.6) is 0 Å². The molecule has 1 N–H and O–H groups in total. The molecule has 0 spiro atoms. The van der Waals surface area contributed by atoms with Gasteiger partial charge in [-0.25, -0.2) is 0 Å². The first-order valence-electron chi connectivity index (χ1n) is 6.85. The normalized spacial score (nSPS) is 18.1. The number of nitrogens with zero attached hydrogens (tertiary/aromatic N) is 5. The van der Waals surface area contributed by atoms with Crippen LogP contribution < -0.4 is 0 Å². The second-order valence-corrected chi connectivity index (χ2v) is 5.17. The van der Waals surface area contributed by atoms with Gasteiger partial charge in [-0.2, -0.15) is 5.10 Å². The Hall–Kier alpha value is -2.22. The van der Waals surface area contributed by atoms with Crippen molar-refractivity contribution in [2.45, 2.75) is 26.4 Å². The van der Waals surface area contributed by atoms with Gasteiger partial charge < -0.3 is 9.64 Å². The third-order valence-corrected chi connectivity index (χ3v) is 3.66. The van der Waals surface area contributed by atoms with Gasteiger partial charge in [-0.3, -0.25) is 14.5 Å². The maximum absolute atomic E-state index is 12.4. The van der Waals surface area contributed by atoms with Gasteiger partial charge in [0.1, 0.15) is 11.7 Å². The summed E-state index contributed by atoms with van der Waals surface area (Å²) in [5, 5.41) is 15.5. The number of carbonyl (C=O) groups is 1. The van der Waals surface area contributed by atoms with E-state index >= 15 is 0 Å². The molecule has 112 valence electrons. The molecule has 0 unspecified atom stereocenters. The Kier molecular flexibility index (Phi) is 3.46. The van der Waals surface area contributed by atoms with Crippen molar-refractivity contribution in [1.82, 2.24) is 29.9 Å². The van der Waals surface area contributed by atoms with Crippen LogP contribution in [0, 0.1) is 6.92 Å². The van der Waals surface area contributed by atoms with E-state index in [4.69, 9.17) is 4.74 Å². The second-order valence-electron chi connectivity index (χ2n) is 5.17. The highest BCUT2D eigenvalue weighted by Crippen LogP contribution is 2.27. The number of fused-ring (bicyclic) bond motifs is 1. The Labute approximate surface area is 122 Å². The number of nitrogens with one attached hydrogen (secondary N) is 1. The standard InChI is InChI=1S/C13H18N6O2/c1-8-6-10(15-14-8)12-17-16-11-7-18(4-5-21-3)13(20)9(2)19(11)12/h6,9H,4-5,7H2,1-3H3,(H,14,15)/t9-/m0/s1. The molecule has 0 fully saturated rings. The van der Waals surface area contributed by atoms with Gasteiger partial charge in [0.2, 0.25) is 5.91 Å². The van der Waals surface area contributed by atoms with Crippen LogP contribution in [-0.4, -0.2) is 56.0 Å². The highest BCUT2D eigenvalue weighted by molar-refractivity contribution is 5.81. The molecule has 0 aromatic carbocycles. The zero-order chi connectivity index (χ0) is 15.0. The number of hydrogen-bond acceptors (Lipinski definition) is 5. The number of aromatic nitrogens is 5. The van der Waals surface area contributed by atoms with E-state index in [2.05, 4.69) is 20.4 Å². The molecule has 21 heavy (non-hydrogen) atoms. The van der Waals surface area contributed by atoms with Crippen molar-refractivity contribution in [2.24, 2.45) is 0 Å². The van der Waals surface area contributed by atoms with Crippen LogP contribution >= 0.6 is 0 Å². The lowest BCUT2D eigenvalue weighted by Gasteiger charge is -2.31. The first kappa shape index (κ1) is 13.7. The summed E-state index contributed by atoms with van der Waals surface area (Å²) >= 11 is 0. The van der Waals surface area contributed by atoms with Crippen LogP contribution in [-0.2, 0) is 16.1 Å². The van der Waals surface area contributed by atoms with E-state index in [9.17, 15) is 4.79 Å².